The summed E-state index contributed by atoms with van der Waals surface area (Å²) in [6.45, 7) is 5.37. The van der Waals surface area contributed by atoms with Crippen LogP contribution in [-0.2, 0) is 25.9 Å². The summed E-state index contributed by atoms with van der Waals surface area (Å²) in [6.07, 6.45) is 5.42. The molecule has 0 unspecified atom stereocenters. The van der Waals surface area contributed by atoms with E-state index in [2.05, 4.69) is 20.4 Å². The first kappa shape index (κ1) is 16.3. The smallest absolute Gasteiger partial charge is 0.279 e. The van der Waals surface area contributed by atoms with Crippen LogP contribution in [0.15, 0.2) is 9.59 Å². The van der Waals surface area contributed by atoms with Crippen LogP contribution in [0.5, 0.6) is 0 Å². The SMILES string of the molecule is CCc1n[nH]c(=O)n1CCCCCCn1c(CC)n[nH]c1=O. The summed E-state index contributed by atoms with van der Waals surface area (Å²) in [6, 6.07) is 0. The first-order valence-corrected chi connectivity index (χ1v) is 7.95. The minimum Gasteiger partial charge on any atom is -0.279 e. The van der Waals surface area contributed by atoms with Crippen molar-refractivity contribution in [3.05, 3.63) is 32.6 Å². The lowest BCUT2D eigenvalue weighted by Crippen LogP contribution is -2.19. The van der Waals surface area contributed by atoms with Crippen LogP contribution < -0.4 is 11.4 Å². The molecular weight excluding hydrogens is 284 g/mol. The number of rotatable bonds is 9. The highest BCUT2D eigenvalue weighted by atomic mass is 16.2. The molecular formula is C14H24N6O2. The van der Waals surface area contributed by atoms with Crippen molar-refractivity contribution in [1.82, 2.24) is 29.5 Å². The average Bonchev–Trinajstić information content (AvgIpc) is 3.06. The van der Waals surface area contributed by atoms with Gasteiger partial charge in [-0.3, -0.25) is 9.13 Å². The van der Waals surface area contributed by atoms with E-state index in [1.165, 1.54) is 0 Å². The van der Waals surface area contributed by atoms with Crippen LogP contribution in [0.3, 0.4) is 0 Å². The van der Waals surface area contributed by atoms with Gasteiger partial charge in [-0.2, -0.15) is 10.2 Å². The van der Waals surface area contributed by atoms with Gasteiger partial charge in [0.25, 0.3) is 0 Å². The standard InChI is InChI=1S/C14H24N6O2/c1-3-11-15-17-13(21)19(11)9-7-5-6-8-10-20-12(4-2)16-18-14(20)22/h3-10H2,1-2H3,(H,17,21)(H,18,22). The highest BCUT2D eigenvalue weighted by Crippen LogP contribution is 2.05. The minimum absolute atomic E-state index is 0.130. The van der Waals surface area contributed by atoms with Gasteiger partial charge in [-0.1, -0.05) is 26.7 Å². The molecule has 0 aromatic carbocycles. The van der Waals surface area contributed by atoms with Crippen LogP contribution >= 0.6 is 0 Å². The summed E-state index contributed by atoms with van der Waals surface area (Å²) in [4.78, 5) is 23.2. The number of nitrogens with one attached hydrogen (secondary N) is 2. The lowest BCUT2D eigenvalue weighted by molar-refractivity contribution is 0.516. The Hall–Kier alpha value is -2.12. The molecule has 0 amide bonds. The molecule has 2 rings (SSSR count). The van der Waals surface area contributed by atoms with Crippen molar-refractivity contribution in [3.8, 4) is 0 Å². The molecule has 2 N–H and O–H groups in total. The number of aryl methyl sites for hydroxylation is 2. The third-order valence-corrected chi connectivity index (χ3v) is 3.82. The van der Waals surface area contributed by atoms with Crippen LogP contribution in [0, 0.1) is 0 Å². The molecule has 8 heteroatoms. The Morgan fingerprint density at radius 1 is 0.773 bits per heavy atom. The van der Waals surface area contributed by atoms with Crippen LogP contribution in [0.1, 0.15) is 51.2 Å². The van der Waals surface area contributed by atoms with Gasteiger partial charge in [-0.05, 0) is 12.8 Å². The largest absolute Gasteiger partial charge is 0.343 e. The van der Waals surface area contributed by atoms with Gasteiger partial charge in [0.05, 0.1) is 0 Å². The van der Waals surface area contributed by atoms with Crippen molar-refractivity contribution in [2.24, 2.45) is 0 Å². The molecule has 0 aliphatic carbocycles. The average molecular weight is 308 g/mol. The van der Waals surface area contributed by atoms with Gasteiger partial charge in [0.1, 0.15) is 11.6 Å². The van der Waals surface area contributed by atoms with E-state index in [1.54, 1.807) is 9.13 Å². The molecule has 0 fully saturated rings. The second kappa shape index (κ2) is 7.77. The highest BCUT2D eigenvalue weighted by molar-refractivity contribution is 4.85. The van der Waals surface area contributed by atoms with Crippen LogP contribution in [0.25, 0.3) is 0 Å². The Kier molecular flexibility index (Phi) is 5.74. The number of hydrogen-bond donors (Lipinski definition) is 2. The van der Waals surface area contributed by atoms with Crippen molar-refractivity contribution in [3.63, 3.8) is 0 Å². The van der Waals surface area contributed by atoms with Gasteiger partial charge < -0.3 is 0 Å². The Bertz CT molecular complexity index is 632. The molecule has 2 aromatic heterocycles. The molecule has 0 bridgehead atoms. The zero-order valence-electron chi connectivity index (χ0n) is 13.3. The number of aromatic amines is 2. The van der Waals surface area contributed by atoms with Crippen LogP contribution in [0.2, 0.25) is 0 Å². The van der Waals surface area contributed by atoms with Gasteiger partial charge >= 0.3 is 11.4 Å². The quantitative estimate of drug-likeness (QED) is 0.670. The summed E-state index contributed by atoms with van der Waals surface area (Å²) in [5.41, 5.74) is -0.260. The first-order chi connectivity index (χ1) is 10.7. The summed E-state index contributed by atoms with van der Waals surface area (Å²) in [5, 5.41) is 13.0. The Morgan fingerprint density at radius 3 is 1.55 bits per heavy atom. The Labute approximate surface area is 128 Å². The second-order valence-electron chi connectivity index (χ2n) is 5.31. The molecule has 0 aliphatic rings. The predicted molar refractivity (Wildman–Crippen MR) is 82.9 cm³/mol. The summed E-state index contributed by atoms with van der Waals surface area (Å²) >= 11 is 0. The van der Waals surface area contributed by atoms with E-state index < -0.39 is 0 Å². The Morgan fingerprint density at radius 2 is 1.18 bits per heavy atom. The summed E-state index contributed by atoms with van der Waals surface area (Å²) in [7, 11) is 0. The molecule has 0 saturated carbocycles. The zero-order chi connectivity index (χ0) is 15.9. The maximum absolute atomic E-state index is 11.6. The third-order valence-electron chi connectivity index (χ3n) is 3.82. The van der Waals surface area contributed by atoms with Crippen molar-refractivity contribution in [2.75, 3.05) is 0 Å². The van der Waals surface area contributed by atoms with Crippen molar-refractivity contribution >= 4 is 0 Å². The number of nitrogens with zero attached hydrogens (tertiary/aromatic N) is 4. The molecule has 0 radical (unpaired) electrons. The van der Waals surface area contributed by atoms with E-state index in [0.29, 0.717) is 13.1 Å². The van der Waals surface area contributed by atoms with Crippen molar-refractivity contribution < 1.29 is 0 Å². The van der Waals surface area contributed by atoms with E-state index >= 15 is 0 Å². The maximum atomic E-state index is 11.6. The molecule has 0 saturated heterocycles. The van der Waals surface area contributed by atoms with Gasteiger partial charge in [0.2, 0.25) is 0 Å². The van der Waals surface area contributed by atoms with Crippen LogP contribution in [0.4, 0.5) is 0 Å². The minimum atomic E-state index is -0.130. The lowest BCUT2D eigenvalue weighted by Gasteiger charge is -2.06. The fourth-order valence-electron chi connectivity index (χ4n) is 2.59. The summed E-state index contributed by atoms with van der Waals surface area (Å²) in [5.74, 6) is 1.62. The van der Waals surface area contributed by atoms with Gasteiger partial charge in [0, 0.05) is 25.9 Å². The van der Waals surface area contributed by atoms with E-state index in [9.17, 15) is 9.59 Å². The monoisotopic (exact) mass is 308 g/mol. The molecule has 0 spiro atoms. The fourth-order valence-corrected chi connectivity index (χ4v) is 2.59. The lowest BCUT2D eigenvalue weighted by atomic mass is 10.2. The first-order valence-electron chi connectivity index (χ1n) is 7.95. The van der Waals surface area contributed by atoms with Gasteiger partial charge in [-0.15, -0.1) is 0 Å². The molecule has 0 atom stereocenters. The second-order valence-corrected chi connectivity index (χ2v) is 5.31. The number of aromatic nitrogens is 6. The molecule has 2 aromatic rings. The maximum Gasteiger partial charge on any atom is 0.343 e. The highest BCUT2D eigenvalue weighted by Gasteiger charge is 2.07. The van der Waals surface area contributed by atoms with E-state index in [1.807, 2.05) is 13.8 Å². The number of hydrogen-bond acceptors (Lipinski definition) is 4. The normalized spacial score (nSPS) is 11.2. The topological polar surface area (TPSA) is 101 Å². The fraction of sp³-hybridized carbons (Fsp3) is 0.714. The Balaban J connectivity index is 1.72. The third kappa shape index (κ3) is 3.75. The number of H-pyrrole nitrogens is 2. The molecule has 8 nitrogen and oxygen atoms in total. The summed E-state index contributed by atoms with van der Waals surface area (Å²) < 4.78 is 3.41. The predicted octanol–water partition coefficient (Wildman–Crippen LogP) is 0.842. The molecule has 122 valence electrons. The van der Waals surface area contributed by atoms with E-state index in [4.69, 9.17) is 0 Å². The number of unbranched alkanes of at least 4 members (excludes halogenated alkanes) is 3. The van der Waals surface area contributed by atoms with Crippen molar-refractivity contribution in [1.29, 1.82) is 0 Å². The molecule has 22 heavy (non-hydrogen) atoms. The van der Waals surface area contributed by atoms with Gasteiger partial charge in [-0.25, -0.2) is 19.8 Å². The molecule has 0 aliphatic heterocycles. The van der Waals surface area contributed by atoms with Gasteiger partial charge in [0.15, 0.2) is 0 Å². The van der Waals surface area contributed by atoms with E-state index in [-0.39, 0.29) is 11.4 Å². The van der Waals surface area contributed by atoms with Crippen molar-refractivity contribution in [2.45, 2.75) is 65.5 Å². The van der Waals surface area contributed by atoms with E-state index in [0.717, 1.165) is 50.2 Å². The zero-order valence-corrected chi connectivity index (χ0v) is 13.3. The molecule has 2 heterocycles. The van der Waals surface area contributed by atoms with Crippen LogP contribution in [-0.4, -0.2) is 29.5 Å².